The number of halogens is 1. The summed E-state index contributed by atoms with van der Waals surface area (Å²) in [5, 5.41) is 0. The van der Waals surface area contributed by atoms with E-state index in [1.807, 2.05) is 30.3 Å². The Morgan fingerprint density at radius 1 is 1.31 bits per heavy atom. The van der Waals surface area contributed by atoms with Gasteiger partial charge < -0.3 is 0 Å². The van der Waals surface area contributed by atoms with E-state index in [0.29, 0.717) is 13.2 Å². The van der Waals surface area contributed by atoms with Gasteiger partial charge in [0.15, 0.2) is 0 Å². The second-order valence-electron chi connectivity index (χ2n) is 2.48. The average Bonchev–Trinajstić information content (AvgIpc) is 2.19. The van der Waals surface area contributed by atoms with Crippen molar-refractivity contribution < 1.29 is 4.84 Å². The van der Waals surface area contributed by atoms with E-state index in [4.69, 9.17) is 16.4 Å². The van der Waals surface area contributed by atoms with Crippen molar-refractivity contribution in [1.29, 1.82) is 0 Å². The SMILES string of the molecule is Cl/C=C/CNOCc1ccccc1. The fourth-order valence-electron chi connectivity index (χ4n) is 0.860. The number of hydrogen-bond acceptors (Lipinski definition) is 2. The highest BCUT2D eigenvalue weighted by atomic mass is 35.5. The topological polar surface area (TPSA) is 21.3 Å². The minimum atomic E-state index is 0.566. The van der Waals surface area contributed by atoms with Crippen LogP contribution in [0.1, 0.15) is 5.56 Å². The molecule has 3 heteroatoms. The van der Waals surface area contributed by atoms with Gasteiger partial charge >= 0.3 is 0 Å². The second kappa shape index (κ2) is 6.66. The lowest BCUT2D eigenvalue weighted by Crippen LogP contribution is -2.13. The summed E-state index contributed by atoms with van der Waals surface area (Å²) in [6.07, 6.45) is 1.77. The first-order valence-corrected chi connectivity index (χ1v) is 4.51. The number of rotatable bonds is 5. The lowest BCUT2D eigenvalue weighted by molar-refractivity contribution is 0.0352. The first kappa shape index (κ1) is 10.3. The van der Waals surface area contributed by atoms with Gasteiger partial charge in [-0.15, -0.1) is 0 Å². The van der Waals surface area contributed by atoms with Gasteiger partial charge in [-0.05, 0) is 5.56 Å². The molecule has 1 aromatic carbocycles. The first-order chi connectivity index (χ1) is 6.43. The molecule has 0 atom stereocenters. The summed E-state index contributed by atoms with van der Waals surface area (Å²) in [4.78, 5) is 5.16. The van der Waals surface area contributed by atoms with E-state index in [-0.39, 0.29) is 0 Å². The van der Waals surface area contributed by atoms with E-state index in [9.17, 15) is 0 Å². The number of benzene rings is 1. The zero-order valence-electron chi connectivity index (χ0n) is 7.24. The van der Waals surface area contributed by atoms with E-state index in [1.165, 1.54) is 5.54 Å². The van der Waals surface area contributed by atoms with E-state index in [1.54, 1.807) is 6.08 Å². The van der Waals surface area contributed by atoms with Crippen LogP contribution in [0.3, 0.4) is 0 Å². The van der Waals surface area contributed by atoms with Gasteiger partial charge in [0.1, 0.15) is 0 Å². The molecule has 0 aliphatic heterocycles. The normalized spacial score (nSPS) is 10.8. The maximum absolute atomic E-state index is 5.32. The van der Waals surface area contributed by atoms with Crippen molar-refractivity contribution in [2.45, 2.75) is 6.61 Å². The van der Waals surface area contributed by atoms with Crippen LogP contribution < -0.4 is 5.48 Å². The van der Waals surface area contributed by atoms with Gasteiger partial charge in [-0.2, -0.15) is 5.48 Å². The van der Waals surface area contributed by atoms with Crippen LogP contribution in [0.15, 0.2) is 41.9 Å². The molecule has 0 saturated carbocycles. The molecule has 1 rings (SSSR count). The molecule has 0 spiro atoms. The van der Waals surface area contributed by atoms with Crippen LogP contribution in [0.5, 0.6) is 0 Å². The zero-order valence-corrected chi connectivity index (χ0v) is 8.00. The second-order valence-corrected chi connectivity index (χ2v) is 2.74. The number of hydrogen-bond donors (Lipinski definition) is 1. The Morgan fingerprint density at radius 3 is 2.77 bits per heavy atom. The predicted molar refractivity (Wildman–Crippen MR) is 54.2 cm³/mol. The van der Waals surface area contributed by atoms with Crippen molar-refractivity contribution in [2.75, 3.05) is 6.54 Å². The minimum absolute atomic E-state index is 0.566. The highest BCUT2D eigenvalue weighted by Crippen LogP contribution is 1.98. The molecule has 0 amide bonds. The van der Waals surface area contributed by atoms with E-state index < -0.39 is 0 Å². The van der Waals surface area contributed by atoms with Crippen LogP contribution in [0.25, 0.3) is 0 Å². The Kier molecular flexibility index (Phi) is 5.25. The van der Waals surface area contributed by atoms with Crippen LogP contribution in [-0.4, -0.2) is 6.54 Å². The predicted octanol–water partition coefficient (Wildman–Crippen LogP) is 2.46. The molecule has 2 nitrogen and oxygen atoms in total. The molecular weight excluding hydrogens is 186 g/mol. The Bertz CT molecular complexity index is 248. The van der Waals surface area contributed by atoms with Crippen molar-refractivity contribution in [1.82, 2.24) is 5.48 Å². The number of hydroxylamine groups is 1. The van der Waals surface area contributed by atoms with Gasteiger partial charge in [0.2, 0.25) is 0 Å². The van der Waals surface area contributed by atoms with Gasteiger partial charge in [0.05, 0.1) is 6.61 Å². The van der Waals surface area contributed by atoms with Gasteiger partial charge in [-0.25, -0.2) is 0 Å². The van der Waals surface area contributed by atoms with Crippen molar-refractivity contribution >= 4 is 11.6 Å². The van der Waals surface area contributed by atoms with E-state index >= 15 is 0 Å². The molecule has 1 N–H and O–H groups in total. The molecule has 0 unspecified atom stereocenters. The van der Waals surface area contributed by atoms with Crippen LogP contribution >= 0.6 is 11.6 Å². The fraction of sp³-hybridized carbons (Fsp3) is 0.200. The molecule has 0 aliphatic carbocycles. The quantitative estimate of drug-likeness (QED) is 0.579. The smallest absolute Gasteiger partial charge is 0.0933 e. The molecule has 0 aliphatic rings. The van der Waals surface area contributed by atoms with Crippen LogP contribution in [0.4, 0.5) is 0 Å². The Labute approximate surface area is 83.1 Å². The molecule has 70 valence electrons. The zero-order chi connectivity index (χ0) is 9.36. The monoisotopic (exact) mass is 197 g/mol. The van der Waals surface area contributed by atoms with Crippen molar-refractivity contribution in [3.05, 3.63) is 47.5 Å². The third-order valence-electron chi connectivity index (χ3n) is 1.47. The third-order valence-corrected chi connectivity index (χ3v) is 1.65. The molecule has 0 aromatic heterocycles. The standard InChI is InChI=1S/C10H12ClNO/c11-7-4-8-12-13-9-10-5-2-1-3-6-10/h1-7,12H,8-9H2/b7-4+. The largest absolute Gasteiger partial charge is 0.297 e. The van der Waals surface area contributed by atoms with Crippen molar-refractivity contribution in [2.24, 2.45) is 0 Å². The van der Waals surface area contributed by atoms with Gasteiger partial charge in [0.25, 0.3) is 0 Å². The van der Waals surface area contributed by atoms with Crippen LogP contribution in [-0.2, 0) is 11.4 Å². The summed E-state index contributed by atoms with van der Waals surface area (Å²) < 4.78 is 0. The van der Waals surface area contributed by atoms with Crippen molar-refractivity contribution in [3.63, 3.8) is 0 Å². The summed E-state index contributed by atoms with van der Waals surface area (Å²) >= 11 is 5.32. The summed E-state index contributed by atoms with van der Waals surface area (Å²) in [7, 11) is 0. The Morgan fingerprint density at radius 2 is 2.08 bits per heavy atom. The molecular formula is C10H12ClNO. The van der Waals surface area contributed by atoms with E-state index in [0.717, 1.165) is 5.56 Å². The summed E-state index contributed by atoms with van der Waals surface area (Å²) in [6.45, 7) is 1.19. The van der Waals surface area contributed by atoms with Crippen molar-refractivity contribution in [3.8, 4) is 0 Å². The molecule has 0 bridgehead atoms. The molecule has 0 saturated heterocycles. The summed E-state index contributed by atoms with van der Waals surface area (Å²) in [6, 6.07) is 9.97. The summed E-state index contributed by atoms with van der Waals surface area (Å²) in [5.41, 5.74) is 5.36. The maximum Gasteiger partial charge on any atom is 0.0933 e. The minimum Gasteiger partial charge on any atom is -0.297 e. The Hall–Kier alpha value is -0.830. The summed E-state index contributed by atoms with van der Waals surface area (Å²) in [5.74, 6) is 0. The third kappa shape index (κ3) is 4.68. The van der Waals surface area contributed by atoms with Gasteiger partial charge in [-0.1, -0.05) is 48.0 Å². The molecule has 0 fully saturated rings. The van der Waals surface area contributed by atoms with Gasteiger partial charge in [0, 0.05) is 12.1 Å². The maximum atomic E-state index is 5.32. The molecule has 13 heavy (non-hydrogen) atoms. The van der Waals surface area contributed by atoms with Crippen LogP contribution in [0.2, 0.25) is 0 Å². The molecule has 0 radical (unpaired) electrons. The van der Waals surface area contributed by atoms with Crippen LogP contribution in [0, 0.1) is 0 Å². The van der Waals surface area contributed by atoms with E-state index in [2.05, 4.69) is 5.48 Å². The lowest BCUT2D eigenvalue weighted by Gasteiger charge is -2.02. The average molecular weight is 198 g/mol. The van der Waals surface area contributed by atoms with Gasteiger partial charge in [-0.3, -0.25) is 4.84 Å². The Balaban J connectivity index is 2.13. The first-order valence-electron chi connectivity index (χ1n) is 4.07. The number of nitrogens with one attached hydrogen (secondary N) is 1. The lowest BCUT2D eigenvalue weighted by atomic mass is 10.2. The molecule has 0 heterocycles. The molecule has 1 aromatic rings. The highest BCUT2D eigenvalue weighted by Gasteiger charge is 1.89. The fourth-order valence-corrected chi connectivity index (χ4v) is 0.949. The highest BCUT2D eigenvalue weighted by molar-refractivity contribution is 6.25.